The first-order valence-corrected chi connectivity index (χ1v) is 18.0. The lowest BCUT2D eigenvalue weighted by molar-refractivity contribution is -0.0355. The van der Waals surface area contributed by atoms with Crippen LogP contribution >= 0.6 is 34.8 Å². The number of ether oxygens (including phenoxy) is 6. The van der Waals surface area contributed by atoms with Gasteiger partial charge in [-0.3, -0.25) is 5.32 Å². The molecule has 2 aromatic heterocycles. The van der Waals surface area contributed by atoms with Crippen LogP contribution in [0.1, 0.15) is 25.7 Å². The number of fused-ring (bicyclic) bond motifs is 8. The van der Waals surface area contributed by atoms with Crippen LogP contribution < -0.4 is 20.0 Å². The van der Waals surface area contributed by atoms with Gasteiger partial charge in [-0.1, -0.05) is 0 Å². The molecule has 10 rings (SSSR count). The largest absolute Gasteiger partial charge is 0.377 e. The summed E-state index contributed by atoms with van der Waals surface area (Å²) >= 11 is 17.8. The van der Waals surface area contributed by atoms with E-state index in [0.717, 1.165) is 71.9 Å². The molecule has 266 valence electrons. The number of nitrogens with one attached hydrogen (secondary N) is 1. The normalized spacial score (nSPS) is 34.3. The van der Waals surface area contributed by atoms with E-state index in [-0.39, 0.29) is 27.9 Å². The third-order valence-electron chi connectivity index (χ3n) is 9.98. The van der Waals surface area contributed by atoms with Gasteiger partial charge in [-0.15, -0.1) is 0 Å². The summed E-state index contributed by atoms with van der Waals surface area (Å²) in [5.41, 5.74) is 0. The number of aromatic nitrogens is 6. The molecule has 0 spiro atoms. The van der Waals surface area contributed by atoms with Crippen molar-refractivity contribution in [3.05, 3.63) is 22.5 Å². The number of halogens is 3. The average Bonchev–Trinajstić information content (AvgIpc) is 3.49. The minimum absolute atomic E-state index is 0.130. The zero-order chi connectivity index (χ0) is 33.3. The van der Waals surface area contributed by atoms with E-state index in [4.69, 9.17) is 68.2 Å². The minimum atomic E-state index is 0.130. The van der Waals surface area contributed by atoms with Crippen LogP contribution in [0.4, 0.5) is 17.8 Å². The predicted octanol–water partition coefficient (Wildman–Crippen LogP) is 1.58. The number of anilines is 3. The zero-order valence-corrected chi connectivity index (χ0v) is 29.2. The van der Waals surface area contributed by atoms with Crippen LogP contribution in [0.5, 0.6) is 0 Å². The number of hydrogen-bond donors (Lipinski definition) is 1. The molecule has 6 atom stereocenters. The van der Waals surface area contributed by atoms with E-state index in [1.165, 1.54) is 0 Å². The monoisotopic (exact) mass is 741 g/mol. The molecule has 8 bridgehead atoms. The number of hydrogen-bond acceptors (Lipinski definition) is 16. The first kappa shape index (κ1) is 34.0. The van der Waals surface area contributed by atoms with E-state index in [0.29, 0.717) is 80.5 Å². The first-order valence-electron chi connectivity index (χ1n) is 16.9. The van der Waals surface area contributed by atoms with Crippen LogP contribution in [0.15, 0.2) is 0 Å². The molecule has 19 heteroatoms. The second-order valence-corrected chi connectivity index (χ2v) is 14.3. The van der Waals surface area contributed by atoms with Crippen molar-refractivity contribution in [2.24, 2.45) is 0 Å². The third kappa shape index (κ3) is 7.59. The highest BCUT2D eigenvalue weighted by atomic mass is 35.5. The molecule has 0 amide bonds. The van der Waals surface area contributed by atoms with Crippen molar-refractivity contribution in [3.8, 4) is 0 Å². The van der Waals surface area contributed by atoms with Crippen LogP contribution in [-0.4, -0.2) is 151 Å². The molecule has 8 aliphatic heterocycles. The van der Waals surface area contributed by atoms with Gasteiger partial charge in [0.1, 0.15) is 13.2 Å². The average molecular weight is 743 g/mol. The minimum Gasteiger partial charge on any atom is -0.377 e. The van der Waals surface area contributed by atoms with Crippen molar-refractivity contribution in [1.82, 2.24) is 35.2 Å². The molecule has 16 nitrogen and oxygen atoms in total. The fourth-order valence-corrected chi connectivity index (χ4v) is 8.33. The Labute approximate surface area is 299 Å². The van der Waals surface area contributed by atoms with Gasteiger partial charge in [-0.2, -0.15) is 34.6 Å². The van der Waals surface area contributed by atoms with Gasteiger partial charge < -0.3 is 38.4 Å². The lowest BCUT2D eigenvalue weighted by Crippen LogP contribution is -2.60. The molecule has 10 heterocycles. The predicted molar refractivity (Wildman–Crippen MR) is 178 cm³/mol. The Hall–Kier alpha value is -2.12. The number of rotatable bonds is 3. The van der Waals surface area contributed by atoms with Gasteiger partial charge in [-0.25, -0.2) is 0 Å². The van der Waals surface area contributed by atoms with E-state index in [2.05, 4.69) is 44.9 Å². The Kier molecular flexibility index (Phi) is 10.6. The fourth-order valence-electron chi connectivity index (χ4n) is 7.82. The van der Waals surface area contributed by atoms with Crippen LogP contribution in [0.25, 0.3) is 0 Å². The SMILES string of the molecule is Clc1nc(Cl)nc(N2C3CCC2COC3)n1.Clc1nc(N2C3CCC2COC3)nc(N2C3COCC2COC3)n1.[CH+]1OCC2COCC1N2. The Morgan fingerprint density at radius 1 is 0.469 bits per heavy atom. The van der Waals surface area contributed by atoms with Crippen molar-refractivity contribution >= 4 is 52.6 Å². The van der Waals surface area contributed by atoms with Crippen LogP contribution in [-0.2, 0) is 28.4 Å². The summed E-state index contributed by atoms with van der Waals surface area (Å²) in [5, 5.41) is 3.87. The number of nitrogens with zero attached hydrogens (tertiary/aromatic N) is 9. The van der Waals surface area contributed by atoms with E-state index >= 15 is 0 Å². The van der Waals surface area contributed by atoms with E-state index < -0.39 is 0 Å². The summed E-state index contributed by atoms with van der Waals surface area (Å²) in [6.07, 6.45) is 4.43. The van der Waals surface area contributed by atoms with Crippen molar-refractivity contribution in [1.29, 1.82) is 0 Å². The van der Waals surface area contributed by atoms with Gasteiger partial charge in [0.15, 0.2) is 0 Å². The highest BCUT2D eigenvalue weighted by Crippen LogP contribution is 2.35. The van der Waals surface area contributed by atoms with Gasteiger partial charge in [0, 0.05) is 0 Å². The van der Waals surface area contributed by atoms with Crippen LogP contribution in [0, 0.1) is 6.61 Å². The molecule has 0 aromatic carbocycles. The molecule has 49 heavy (non-hydrogen) atoms. The molecular formula is C30H40Cl3N10O6+. The first-order chi connectivity index (χ1) is 24.0. The standard InChI is InChI=1S/C15H20ClN5O3.C9H10Cl2N4O.C6H10NO2/c16-13-17-14(20-9-1-2-10(20)4-22-3-9)19-15(18-13)21-11-5-23-7-12(21)8-24-6-11;10-7-12-8(11)14-9(13-7)15-5-1-2-6(15)4-16-3-5;1-5-2-9-4-6(7-5)3-8-1/h9-12H,1-8H2;5-6H,1-4H2;1,5-7H,2-4H2/q;;+1. The Balaban J connectivity index is 0.000000119. The topological polar surface area (TPSA) is 154 Å². The van der Waals surface area contributed by atoms with Gasteiger partial charge in [-0.05, 0) is 60.5 Å². The summed E-state index contributed by atoms with van der Waals surface area (Å²) in [6.45, 7) is 9.52. The Bertz CT molecular complexity index is 1360. The van der Waals surface area contributed by atoms with Gasteiger partial charge in [0.2, 0.25) is 46.3 Å². The van der Waals surface area contributed by atoms with Crippen LogP contribution in [0.2, 0.25) is 15.9 Å². The molecule has 1 N–H and O–H groups in total. The molecule has 2 aromatic rings. The van der Waals surface area contributed by atoms with Gasteiger partial charge in [0.25, 0.3) is 0 Å². The van der Waals surface area contributed by atoms with Crippen molar-refractivity contribution in [3.63, 3.8) is 0 Å². The Morgan fingerprint density at radius 3 is 1.31 bits per heavy atom. The number of morpholine rings is 6. The summed E-state index contributed by atoms with van der Waals surface area (Å²) in [6, 6.07) is 2.37. The maximum Gasteiger partial charge on any atom is 0.248 e. The zero-order valence-electron chi connectivity index (χ0n) is 26.9. The van der Waals surface area contributed by atoms with Gasteiger partial charge in [0.05, 0.1) is 102 Å². The second-order valence-electron chi connectivity index (χ2n) is 13.3. The summed E-state index contributed by atoms with van der Waals surface area (Å²) in [7, 11) is 0. The van der Waals surface area contributed by atoms with E-state index in [9.17, 15) is 0 Å². The highest BCUT2D eigenvalue weighted by Gasteiger charge is 2.42. The molecule has 0 saturated carbocycles. The molecule has 8 fully saturated rings. The molecule has 8 saturated heterocycles. The Morgan fingerprint density at radius 2 is 0.857 bits per heavy atom. The smallest absolute Gasteiger partial charge is 0.248 e. The molecule has 0 radical (unpaired) electrons. The maximum absolute atomic E-state index is 6.25. The molecule has 8 aliphatic rings. The quantitative estimate of drug-likeness (QED) is 0.452. The fraction of sp³-hybridized carbons (Fsp3) is 0.767. The molecule has 0 aliphatic carbocycles. The second kappa shape index (κ2) is 15.2. The lowest BCUT2D eigenvalue weighted by Gasteiger charge is -2.45. The third-order valence-corrected chi connectivity index (χ3v) is 10.5. The lowest BCUT2D eigenvalue weighted by atomic mass is 10.1. The van der Waals surface area contributed by atoms with Crippen LogP contribution in [0.3, 0.4) is 0 Å². The molecule has 6 unspecified atom stereocenters. The summed E-state index contributed by atoms with van der Waals surface area (Å²) < 4.78 is 32.9. The van der Waals surface area contributed by atoms with Crippen molar-refractivity contribution in [2.75, 3.05) is 87.4 Å². The van der Waals surface area contributed by atoms with Gasteiger partial charge >= 0.3 is 0 Å². The van der Waals surface area contributed by atoms with E-state index in [1.807, 2.05) is 6.61 Å². The summed E-state index contributed by atoms with van der Waals surface area (Å²) in [4.78, 5) is 32.2. The highest BCUT2D eigenvalue weighted by molar-refractivity contribution is 6.31. The van der Waals surface area contributed by atoms with Crippen molar-refractivity contribution in [2.45, 2.75) is 74.0 Å². The summed E-state index contributed by atoms with van der Waals surface area (Å²) in [5.74, 6) is 1.88. The van der Waals surface area contributed by atoms with E-state index in [1.54, 1.807) is 0 Å². The van der Waals surface area contributed by atoms with Crippen molar-refractivity contribution < 1.29 is 28.4 Å². The maximum atomic E-state index is 6.25. The molecular weight excluding hydrogens is 703 g/mol.